The summed E-state index contributed by atoms with van der Waals surface area (Å²) in [4.78, 5) is 22.6. The Balaban J connectivity index is 0.000000354. The summed E-state index contributed by atoms with van der Waals surface area (Å²) in [6.07, 6.45) is 0. The van der Waals surface area contributed by atoms with E-state index < -0.39 is 11.8 Å². The number of carbonyl (C=O) groups excluding carboxylic acids is 2. The molecule has 1 aliphatic rings. The van der Waals surface area contributed by atoms with Crippen LogP contribution in [-0.4, -0.2) is 11.8 Å². The molecule has 0 aromatic carbocycles. The Morgan fingerprint density at radius 3 is 1.42 bits per heavy atom. The fraction of sp³-hybridized carbons (Fsp3) is 0. The molecule has 8 heteroatoms. The van der Waals surface area contributed by atoms with Gasteiger partial charge in [0.05, 0.1) is 0 Å². The summed E-state index contributed by atoms with van der Waals surface area (Å²) in [5.74, 6) is -0.793. The lowest BCUT2D eigenvalue weighted by atomic mass is 10.6. The fourth-order valence-corrected chi connectivity index (χ4v) is 0.971. The molecule has 0 unspecified atom stereocenters. The number of nitrogens with one attached hydrogen (secondary N) is 1. The van der Waals surface area contributed by atoms with Gasteiger partial charge in [-0.2, -0.15) is 0 Å². The van der Waals surface area contributed by atoms with Crippen molar-refractivity contribution in [3.05, 3.63) is 24.9 Å². The van der Waals surface area contributed by atoms with E-state index in [1.807, 2.05) is 0 Å². The second-order valence-corrected chi connectivity index (χ2v) is 3.09. The molecule has 0 fully saturated rings. The minimum atomic E-state index is -0.396. The first-order valence-electron chi connectivity index (χ1n) is 2.44. The number of amides is 2. The minimum absolute atomic E-state index is 0.257. The molecule has 1 rings (SSSR count). The third-order valence-corrected chi connectivity index (χ3v) is 2.86. The van der Waals surface area contributed by atoms with E-state index in [2.05, 4.69) is 37.2 Å². The standard InChI is InChI=1S/C4HBr2NO2.N3/c5-1-2(6)4(9)7-3(1)8;1-3-2/h(H,7,8,9);/q;-1. The number of nitrogens with zero attached hydrogens (tertiary/aromatic N) is 3. The van der Waals surface area contributed by atoms with Crippen molar-refractivity contribution in [1.29, 1.82) is 0 Å². The summed E-state index contributed by atoms with van der Waals surface area (Å²) in [5, 5.41) is 2.07. The maximum atomic E-state index is 10.5. The number of rotatable bonds is 0. The quantitative estimate of drug-likeness (QED) is 0.317. The molecule has 0 aliphatic carbocycles. The lowest BCUT2D eigenvalue weighted by molar-refractivity contribution is -0.123. The molecule has 1 N–H and O–H groups in total. The topological polar surface area (TPSA) is 105 Å². The van der Waals surface area contributed by atoms with E-state index in [0.717, 1.165) is 0 Å². The first-order valence-corrected chi connectivity index (χ1v) is 4.02. The number of halogens is 2. The van der Waals surface area contributed by atoms with Gasteiger partial charge in [0.25, 0.3) is 11.8 Å². The number of hydrogen-bond donors (Lipinski definition) is 1. The molecule has 2 amide bonds. The molecule has 0 spiro atoms. The van der Waals surface area contributed by atoms with Crippen LogP contribution in [0.1, 0.15) is 0 Å². The van der Waals surface area contributed by atoms with Gasteiger partial charge in [-0.05, 0) is 31.9 Å². The van der Waals surface area contributed by atoms with E-state index in [0.29, 0.717) is 0 Å². The molecule has 0 saturated carbocycles. The van der Waals surface area contributed by atoms with Crippen LogP contribution >= 0.6 is 31.9 Å². The first-order chi connectivity index (χ1) is 5.54. The van der Waals surface area contributed by atoms with E-state index in [4.69, 9.17) is 11.1 Å². The van der Waals surface area contributed by atoms with Crippen LogP contribution in [0.25, 0.3) is 16.0 Å². The third-order valence-electron chi connectivity index (χ3n) is 0.818. The van der Waals surface area contributed by atoms with Crippen molar-refractivity contribution < 1.29 is 9.59 Å². The van der Waals surface area contributed by atoms with E-state index in [1.165, 1.54) is 4.91 Å². The Labute approximate surface area is 83.7 Å². The lowest BCUT2D eigenvalue weighted by Gasteiger charge is -1.83. The summed E-state index contributed by atoms with van der Waals surface area (Å²) < 4.78 is 0.514. The first kappa shape index (κ1) is 11.2. The van der Waals surface area contributed by atoms with Crippen molar-refractivity contribution in [3.8, 4) is 0 Å². The van der Waals surface area contributed by atoms with Gasteiger partial charge < -0.3 is 11.1 Å². The molecule has 0 radical (unpaired) electrons. The second kappa shape index (κ2) is 4.91. The van der Waals surface area contributed by atoms with Crippen molar-refractivity contribution in [1.82, 2.24) is 5.32 Å². The zero-order chi connectivity index (χ0) is 9.72. The summed E-state index contributed by atoms with van der Waals surface area (Å²) >= 11 is 5.82. The summed E-state index contributed by atoms with van der Waals surface area (Å²) in [6.45, 7) is 0. The molecule has 0 bridgehead atoms. The molecule has 64 valence electrons. The normalized spacial score (nSPS) is 14.8. The van der Waals surface area contributed by atoms with Gasteiger partial charge in [-0.1, -0.05) is 0 Å². The van der Waals surface area contributed by atoms with Crippen LogP contribution < -0.4 is 5.32 Å². The molecule has 0 aromatic heterocycles. The number of carbonyl (C=O) groups is 2. The molecule has 0 atom stereocenters. The highest BCUT2D eigenvalue weighted by Gasteiger charge is 2.25. The SMILES string of the molecule is O=C1NC(=O)C(Br)=C1Br.[N-]=[N+]=[N-]. The highest BCUT2D eigenvalue weighted by molar-refractivity contribution is 9.14. The van der Waals surface area contributed by atoms with Crippen LogP contribution in [0.5, 0.6) is 0 Å². The van der Waals surface area contributed by atoms with E-state index >= 15 is 0 Å². The number of imide groups is 1. The largest absolute Gasteiger partial charge is 0.373 e. The van der Waals surface area contributed by atoms with Gasteiger partial charge in [-0.3, -0.25) is 19.8 Å². The van der Waals surface area contributed by atoms with E-state index in [9.17, 15) is 9.59 Å². The van der Waals surface area contributed by atoms with Gasteiger partial charge in [0.1, 0.15) is 8.96 Å². The molecule has 1 heterocycles. The second-order valence-electron chi connectivity index (χ2n) is 1.50. The smallest absolute Gasteiger partial charge is 0.266 e. The van der Waals surface area contributed by atoms with Gasteiger partial charge in [-0.25, -0.2) is 0 Å². The number of hydrogen-bond acceptors (Lipinski definition) is 2. The van der Waals surface area contributed by atoms with Crippen LogP contribution in [0.3, 0.4) is 0 Å². The van der Waals surface area contributed by atoms with Crippen LogP contribution in [0, 0.1) is 0 Å². The van der Waals surface area contributed by atoms with Gasteiger partial charge in [0.2, 0.25) is 0 Å². The van der Waals surface area contributed by atoms with Crippen LogP contribution in [0.2, 0.25) is 0 Å². The molecule has 0 saturated heterocycles. The zero-order valence-corrected chi connectivity index (χ0v) is 8.59. The van der Waals surface area contributed by atoms with Gasteiger partial charge >= 0.3 is 0 Å². The van der Waals surface area contributed by atoms with Gasteiger partial charge in [0, 0.05) is 0 Å². The average molecular weight is 297 g/mol. The minimum Gasteiger partial charge on any atom is -0.373 e. The monoisotopic (exact) mass is 295 g/mol. The molecular formula is C4HBr2N4O2-. The Morgan fingerprint density at radius 2 is 1.33 bits per heavy atom. The Kier molecular flexibility index (Phi) is 4.57. The highest BCUT2D eigenvalue weighted by Crippen LogP contribution is 2.22. The van der Waals surface area contributed by atoms with Crippen LogP contribution in [0.4, 0.5) is 0 Å². The van der Waals surface area contributed by atoms with Gasteiger partial charge in [-0.15, -0.1) is 0 Å². The molecule has 12 heavy (non-hydrogen) atoms. The summed E-state index contributed by atoms with van der Waals surface area (Å²) in [5.41, 5.74) is 13.5. The van der Waals surface area contributed by atoms with Gasteiger partial charge in [0.15, 0.2) is 0 Å². The Morgan fingerprint density at radius 1 is 1.08 bits per heavy atom. The van der Waals surface area contributed by atoms with Crippen LogP contribution in [0.15, 0.2) is 8.96 Å². The summed E-state index contributed by atoms with van der Waals surface area (Å²) in [6, 6.07) is 0. The maximum absolute atomic E-state index is 10.5. The molecule has 6 nitrogen and oxygen atoms in total. The van der Waals surface area contributed by atoms with Crippen molar-refractivity contribution >= 4 is 43.7 Å². The lowest BCUT2D eigenvalue weighted by Crippen LogP contribution is -2.21. The van der Waals surface area contributed by atoms with Crippen molar-refractivity contribution in [2.24, 2.45) is 0 Å². The zero-order valence-electron chi connectivity index (χ0n) is 5.41. The van der Waals surface area contributed by atoms with Crippen molar-refractivity contribution in [3.63, 3.8) is 0 Å². The van der Waals surface area contributed by atoms with Crippen molar-refractivity contribution in [2.45, 2.75) is 0 Å². The third kappa shape index (κ3) is 2.65. The fourth-order valence-electron chi connectivity index (χ4n) is 0.412. The van der Waals surface area contributed by atoms with Crippen LogP contribution in [-0.2, 0) is 9.59 Å². The summed E-state index contributed by atoms with van der Waals surface area (Å²) in [7, 11) is 0. The predicted molar refractivity (Wildman–Crippen MR) is 48.1 cm³/mol. The average Bonchev–Trinajstić information content (AvgIpc) is 2.20. The molecule has 1 aliphatic heterocycles. The van der Waals surface area contributed by atoms with E-state index in [1.54, 1.807) is 0 Å². The van der Waals surface area contributed by atoms with Crippen molar-refractivity contribution in [2.75, 3.05) is 0 Å². The Bertz CT molecular complexity index is 269. The highest BCUT2D eigenvalue weighted by atomic mass is 79.9. The molecule has 0 aromatic rings. The van der Waals surface area contributed by atoms with E-state index in [-0.39, 0.29) is 8.96 Å². The molecular weight excluding hydrogens is 296 g/mol. The predicted octanol–water partition coefficient (Wildman–Crippen LogP) is 1.51. The maximum Gasteiger partial charge on any atom is 0.266 e. The Hall–Kier alpha value is -0.850.